The summed E-state index contributed by atoms with van der Waals surface area (Å²) in [6.45, 7) is 1.86. The zero-order valence-corrected chi connectivity index (χ0v) is 12.5. The zero-order valence-electron chi connectivity index (χ0n) is 12.5. The van der Waals surface area contributed by atoms with Crippen LogP contribution in [0.25, 0.3) is 0 Å². The van der Waals surface area contributed by atoms with Crippen molar-refractivity contribution in [3.05, 3.63) is 30.0 Å². The fourth-order valence-corrected chi connectivity index (χ4v) is 1.85. The third kappa shape index (κ3) is 3.10. The van der Waals surface area contributed by atoms with Crippen molar-refractivity contribution in [1.29, 1.82) is 0 Å². The SMILES string of the molecule is COc1cc(Oc2nc(C)ccc2N)cc(OC)c1OC. The molecule has 6 nitrogen and oxygen atoms in total. The number of aromatic nitrogens is 1. The third-order valence-corrected chi connectivity index (χ3v) is 2.88. The first-order valence-corrected chi connectivity index (χ1v) is 6.30. The number of hydrogen-bond acceptors (Lipinski definition) is 6. The van der Waals surface area contributed by atoms with E-state index < -0.39 is 0 Å². The smallest absolute Gasteiger partial charge is 0.242 e. The van der Waals surface area contributed by atoms with Crippen LogP contribution in [-0.4, -0.2) is 26.3 Å². The van der Waals surface area contributed by atoms with Gasteiger partial charge in [0.15, 0.2) is 11.5 Å². The van der Waals surface area contributed by atoms with E-state index in [9.17, 15) is 0 Å². The van der Waals surface area contributed by atoms with E-state index in [1.54, 1.807) is 39.5 Å². The number of nitrogens with two attached hydrogens (primary N) is 1. The molecule has 21 heavy (non-hydrogen) atoms. The van der Waals surface area contributed by atoms with Gasteiger partial charge < -0.3 is 24.7 Å². The summed E-state index contributed by atoms with van der Waals surface area (Å²) in [5.41, 5.74) is 7.12. The van der Waals surface area contributed by atoms with Crippen molar-refractivity contribution in [1.82, 2.24) is 4.98 Å². The Morgan fingerprint density at radius 2 is 1.57 bits per heavy atom. The molecular formula is C15H18N2O4. The van der Waals surface area contributed by atoms with E-state index in [0.717, 1.165) is 5.69 Å². The first kappa shape index (κ1) is 14.8. The molecule has 112 valence electrons. The topological polar surface area (TPSA) is 75.8 Å². The lowest BCUT2D eigenvalue weighted by Gasteiger charge is -2.14. The summed E-state index contributed by atoms with van der Waals surface area (Å²) in [7, 11) is 4.63. The molecule has 0 saturated carbocycles. The maximum Gasteiger partial charge on any atom is 0.242 e. The van der Waals surface area contributed by atoms with E-state index in [2.05, 4.69) is 4.98 Å². The lowest BCUT2D eigenvalue weighted by atomic mass is 10.2. The van der Waals surface area contributed by atoms with Crippen LogP contribution in [0, 0.1) is 6.92 Å². The minimum absolute atomic E-state index is 0.337. The van der Waals surface area contributed by atoms with E-state index in [0.29, 0.717) is 34.6 Å². The second kappa shape index (κ2) is 6.21. The van der Waals surface area contributed by atoms with E-state index in [1.165, 1.54) is 0 Å². The van der Waals surface area contributed by atoms with Crippen LogP contribution in [0.3, 0.4) is 0 Å². The van der Waals surface area contributed by atoms with Gasteiger partial charge >= 0.3 is 0 Å². The summed E-state index contributed by atoms with van der Waals surface area (Å²) < 4.78 is 21.5. The summed E-state index contributed by atoms with van der Waals surface area (Å²) in [6, 6.07) is 6.93. The molecule has 6 heteroatoms. The number of nitrogen functional groups attached to an aromatic ring is 1. The van der Waals surface area contributed by atoms with Gasteiger partial charge in [-0.3, -0.25) is 0 Å². The number of pyridine rings is 1. The molecule has 0 radical (unpaired) electrons. The maximum absolute atomic E-state index is 5.86. The minimum atomic E-state index is 0.337. The van der Waals surface area contributed by atoms with Gasteiger partial charge in [-0.25, -0.2) is 4.98 Å². The molecule has 0 unspecified atom stereocenters. The average Bonchev–Trinajstić information content (AvgIpc) is 2.49. The van der Waals surface area contributed by atoms with Gasteiger partial charge in [0.05, 0.1) is 27.0 Å². The van der Waals surface area contributed by atoms with Gasteiger partial charge in [0.25, 0.3) is 0 Å². The van der Waals surface area contributed by atoms with Crippen LogP contribution in [0.2, 0.25) is 0 Å². The number of aryl methyl sites for hydroxylation is 1. The van der Waals surface area contributed by atoms with Gasteiger partial charge in [-0.15, -0.1) is 0 Å². The lowest BCUT2D eigenvalue weighted by molar-refractivity contribution is 0.320. The maximum atomic E-state index is 5.86. The number of anilines is 1. The van der Waals surface area contributed by atoms with Crippen LogP contribution in [-0.2, 0) is 0 Å². The standard InChI is InChI=1S/C15H18N2O4/c1-9-5-6-11(16)15(17-9)21-10-7-12(18-2)14(20-4)13(8-10)19-3/h5-8H,16H2,1-4H3. The molecule has 0 fully saturated rings. The first-order chi connectivity index (χ1) is 10.1. The Balaban J connectivity index is 2.42. The van der Waals surface area contributed by atoms with Crippen molar-refractivity contribution in [3.63, 3.8) is 0 Å². The molecule has 2 N–H and O–H groups in total. The summed E-state index contributed by atoms with van der Waals surface area (Å²) >= 11 is 0. The normalized spacial score (nSPS) is 10.1. The highest BCUT2D eigenvalue weighted by Crippen LogP contribution is 2.42. The van der Waals surface area contributed by atoms with Crippen molar-refractivity contribution < 1.29 is 18.9 Å². The Morgan fingerprint density at radius 1 is 0.952 bits per heavy atom. The van der Waals surface area contributed by atoms with Crippen LogP contribution >= 0.6 is 0 Å². The molecule has 0 aliphatic carbocycles. The monoisotopic (exact) mass is 290 g/mol. The van der Waals surface area contributed by atoms with Crippen LogP contribution in [0.5, 0.6) is 28.9 Å². The Hall–Kier alpha value is -2.63. The van der Waals surface area contributed by atoms with Crippen LogP contribution in [0.15, 0.2) is 24.3 Å². The largest absolute Gasteiger partial charge is 0.493 e. The predicted octanol–water partition coefficient (Wildman–Crippen LogP) is 2.79. The quantitative estimate of drug-likeness (QED) is 0.912. The van der Waals surface area contributed by atoms with E-state index in [4.69, 9.17) is 24.7 Å². The molecule has 1 heterocycles. The Bertz CT molecular complexity index is 619. The molecule has 2 aromatic rings. The molecule has 2 rings (SSSR count). The summed E-state index contributed by atoms with van der Waals surface area (Å²) in [4.78, 5) is 4.26. The molecule has 0 aliphatic rings. The van der Waals surface area contributed by atoms with Crippen molar-refractivity contribution >= 4 is 5.69 Å². The first-order valence-electron chi connectivity index (χ1n) is 6.30. The van der Waals surface area contributed by atoms with Crippen molar-refractivity contribution in [2.45, 2.75) is 6.92 Å². The minimum Gasteiger partial charge on any atom is -0.493 e. The number of benzene rings is 1. The predicted molar refractivity (Wildman–Crippen MR) is 79.6 cm³/mol. The van der Waals surface area contributed by atoms with E-state index in [1.807, 2.05) is 13.0 Å². The van der Waals surface area contributed by atoms with Gasteiger partial charge in [-0.05, 0) is 19.1 Å². The summed E-state index contributed by atoms with van der Waals surface area (Å²) in [6.07, 6.45) is 0. The zero-order chi connectivity index (χ0) is 15.4. The number of nitrogens with zero attached hydrogens (tertiary/aromatic N) is 1. The third-order valence-electron chi connectivity index (χ3n) is 2.88. The number of ether oxygens (including phenoxy) is 4. The van der Waals surface area contributed by atoms with E-state index in [-0.39, 0.29) is 0 Å². The van der Waals surface area contributed by atoms with Crippen molar-refractivity contribution in [3.8, 4) is 28.9 Å². The Labute approximate surface area is 123 Å². The van der Waals surface area contributed by atoms with Crippen LogP contribution in [0.4, 0.5) is 5.69 Å². The van der Waals surface area contributed by atoms with Gasteiger partial charge in [0.2, 0.25) is 11.6 Å². The molecule has 0 amide bonds. The molecular weight excluding hydrogens is 272 g/mol. The summed E-state index contributed by atoms with van der Waals surface area (Å²) in [5.74, 6) is 2.33. The Kier molecular flexibility index (Phi) is 4.37. The molecule has 0 spiro atoms. The van der Waals surface area contributed by atoms with Crippen molar-refractivity contribution in [2.24, 2.45) is 0 Å². The lowest BCUT2D eigenvalue weighted by Crippen LogP contribution is -1.99. The highest BCUT2D eigenvalue weighted by Gasteiger charge is 2.15. The van der Waals surface area contributed by atoms with Gasteiger partial charge in [0.1, 0.15) is 5.75 Å². The van der Waals surface area contributed by atoms with Gasteiger partial charge in [0, 0.05) is 17.8 Å². The molecule has 1 aromatic heterocycles. The number of rotatable bonds is 5. The van der Waals surface area contributed by atoms with Gasteiger partial charge in [-0.1, -0.05) is 0 Å². The number of hydrogen-bond donors (Lipinski definition) is 1. The van der Waals surface area contributed by atoms with Gasteiger partial charge in [-0.2, -0.15) is 0 Å². The fraction of sp³-hybridized carbons (Fsp3) is 0.267. The second-order valence-electron chi connectivity index (χ2n) is 4.31. The second-order valence-corrected chi connectivity index (χ2v) is 4.31. The highest BCUT2D eigenvalue weighted by atomic mass is 16.5. The molecule has 0 aliphatic heterocycles. The molecule has 0 saturated heterocycles. The van der Waals surface area contributed by atoms with Crippen LogP contribution < -0.4 is 24.7 Å². The Morgan fingerprint density at radius 3 is 2.10 bits per heavy atom. The van der Waals surface area contributed by atoms with Crippen molar-refractivity contribution in [2.75, 3.05) is 27.1 Å². The average molecular weight is 290 g/mol. The molecule has 1 aromatic carbocycles. The van der Waals surface area contributed by atoms with Crippen LogP contribution in [0.1, 0.15) is 5.69 Å². The molecule has 0 bridgehead atoms. The fourth-order valence-electron chi connectivity index (χ4n) is 1.85. The highest BCUT2D eigenvalue weighted by molar-refractivity contribution is 5.57. The number of methoxy groups -OCH3 is 3. The molecule has 0 atom stereocenters. The summed E-state index contributed by atoms with van der Waals surface area (Å²) in [5, 5.41) is 0. The van der Waals surface area contributed by atoms with E-state index >= 15 is 0 Å².